The molecule has 0 aromatic carbocycles. The number of carbonyl (C=O) groups excluding carboxylic acids is 1. The molecule has 5 nitrogen and oxygen atoms in total. The number of nitrogens with zero attached hydrogens (tertiary/aromatic N) is 4. The van der Waals surface area contributed by atoms with Crippen LogP contribution in [0, 0.1) is 13.8 Å². The number of amides is 1. The van der Waals surface area contributed by atoms with Crippen LogP contribution in [0.15, 0.2) is 12.1 Å². The molecule has 0 spiro atoms. The van der Waals surface area contributed by atoms with Gasteiger partial charge in [0.05, 0.1) is 5.69 Å². The van der Waals surface area contributed by atoms with Crippen LogP contribution in [-0.2, 0) is 0 Å². The van der Waals surface area contributed by atoms with E-state index in [0.717, 1.165) is 43.0 Å². The highest BCUT2D eigenvalue weighted by Crippen LogP contribution is 2.14. The first-order valence-electron chi connectivity index (χ1n) is 7.28. The molecule has 3 heterocycles. The summed E-state index contributed by atoms with van der Waals surface area (Å²) >= 11 is 0. The standard InChI is InChI=1S/C15H20N4O/c1-11-9-14-16-13(10-12(2)19(14)17-11)15(20)18-7-5-3-4-6-8-18/h9-10H,3-8H2,1-2H3. The number of hydrogen-bond acceptors (Lipinski definition) is 3. The monoisotopic (exact) mass is 272 g/mol. The highest BCUT2D eigenvalue weighted by Gasteiger charge is 2.19. The van der Waals surface area contributed by atoms with Crippen LogP contribution in [0.2, 0.25) is 0 Å². The van der Waals surface area contributed by atoms with Crippen molar-refractivity contribution in [3.05, 3.63) is 29.2 Å². The van der Waals surface area contributed by atoms with Crippen molar-refractivity contribution in [2.75, 3.05) is 13.1 Å². The predicted octanol–water partition coefficient (Wildman–Crippen LogP) is 2.36. The summed E-state index contributed by atoms with van der Waals surface area (Å²) in [6.07, 6.45) is 4.63. The third-order valence-corrected chi connectivity index (χ3v) is 3.84. The van der Waals surface area contributed by atoms with Gasteiger partial charge in [0, 0.05) is 24.8 Å². The molecule has 0 radical (unpaired) electrons. The molecule has 1 amide bonds. The van der Waals surface area contributed by atoms with E-state index in [0.29, 0.717) is 5.69 Å². The van der Waals surface area contributed by atoms with Gasteiger partial charge in [-0.25, -0.2) is 9.50 Å². The summed E-state index contributed by atoms with van der Waals surface area (Å²) in [7, 11) is 0. The summed E-state index contributed by atoms with van der Waals surface area (Å²) in [6, 6.07) is 3.75. The summed E-state index contributed by atoms with van der Waals surface area (Å²) in [6.45, 7) is 5.59. The first kappa shape index (κ1) is 13.1. The Balaban J connectivity index is 1.94. The van der Waals surface area contributed by atoms with Gasteiger partial charge in [-0.2, -0.15) is 5.10 Å². The minimum absolute atomic E-state index is 0.0522. The molecule has 5 heteroatoms. The Hall–Kier alpha value is -1.91. The molecule has 2 aromatic heterocycles. The number of hydrogen-bond donors (Lipinski definition) is 0. The highest BCUT2D eigenvalue weighted by atomic mass is 16.2. The van der Waals surface area contributed by atoms with E-state index < -0.39 is 0 Å². The molecule has 2 aromatic rings. The minimum atomic E-state index is 0.0522. The lowest BCUT2D eigenvalue weighted by Gasteiger charge is -2.19. The number of fused-ring (bicyclic) bond motifs is 1. The van der Waals surface area contributed by atoms with Gasteiger partial charge >= 0.3 is 0 Å². The molecule has 0 aliphatic carbocycles. The first-order chi connectivity index (χ1) is 9.65. The number of aromatic nitrogens is 3. The fraction of sp³-hybridized carbons (Fsp3) is 0.533. The Kier molecular flexibility index (Phi) is 3.42. The van der Waals surface area contributed by atoms with Crippen LogP contribution in [0.5, 0.6) is 0 Å². The van der Waals surface area contributed by atoms with Crippen molar-refractivity contribution in [3.8, 4) is 0 Å². The third kappa shape index (κ3) is 2.40. The van der Waals surface area contributed by atoms with Crippen LogP contribution in [0.25, 0.3) is 5.65 Å². The highest BCUT2D eigenvalue weighted by molar-refractivity contribution is 5.93. The van der Waals surface area contributed by atoms with Crippen LogP contribution in [0.1, 0.15) is 47.6 Å². The van der Waals surface area contributed by atoms with E-state index >= 15 is 0 Å². The van der Waals surface area contributed by atoms with Crippen LogP contribution >= 0.6 is 0 Å². The van der Waals surface area contributed by atoms with Gasteiger partial charge in [-0.15, -0.1) is 0 Å². The fourth-order valence-corrected chi connectivity index (χ4v) is 2.79. The topological polar surface area (TPSA) is 50.5 Å². The predicted molar refractivity (Wildman–Crippen MR) is 76.8 cm³/mol. The van der Waals surface area contributed by atoms with Crippen molar-refractivity contribution in [3.63, 3.8) is 0 Å². The van der Waals surface area contributed by atoms with Gasteiger partial charge in [-0.05, 0) is 32.8 Å². The van der Waals surface area contributed by atoms with Gasteiger partial charge in [-0.3, -0.25) is 4.79 Å². The lowest BCUT2D eigenvalue weighted by molar-refractivity contribution is 0.0756. The zero-order chi connectivity index (χ0) is 14.1. The van der Waals surface area contributed by atoms with Crippen LogP contribution in [-0.4, -0.2) is 38.5 Å². The summed E-state index contributed by atoms with van der Waals surface area (Å²) < 4.78 is 1.79. The minimum Gasteiger partial charge on any atom is -0.337 e. The number of carbonyl (C=O) groups is 1. The Morgan fingerprint density at radius 3 is 2.50 bits per heavy atom. The Morgan fingerprint density at radius 1 is 1.10 bits per heavy atom. The second-order valence-electron chi connectivity index (χ2n) is 5.54. The number of aryl methyl sites for hydroxylation is 2. The van der Waals surface area contributed by atoms with E-state index in [1.807, 2.05) is 30.9 Å². The molecule has 1 fully saturated rings. The molecule has 20 heavy (non-hydrogen) atoms. The average molecular weight is 272 g/mol. The molecule has 0 unspecified atom stereocenters. The summed E-state index contributed by atoms with van der Waals surface area (Å²) in [5, 5.41) is 4.37. The van der Waals surface area contributed by atoms with Gasteiger partial charge in [-0.1, -0.05) is 12.8 Å². The largest absolute Gasteiger partial charge is 0.337 e. The van der Waals surface area contributed by atoms with Crippen molar-refractivity contribution >= 4 is 11.6 Å². The van der Waals surface area contributed by atoms with Crippen molar-refractivity contribution in [2.45, 2.75) is 39.5 Å². The van der Waals surface area contributed by atoms with E-state index in [1.54, 1.807) is 4.52 Å². The van der Waals surface area contributed by atoms with E-state index in [-0.39, 0.29) is 5.91 Å². The Morgan fingerprint density at radius 2 is 1.80 bits per heavy atom. The normalized spacial score (nSPS) is 16.4. The summed E-state index contributed by atoms with van der Waals surface area (Å²) in [4.78, 5) is 19.0. The number of likely N-dealkylation sites (tertiary alicyclic amines) is 1. The maximum atomic E-state index is 12.6. The first-order valence-corrected chi connectivity index (χ1v) is 7.28. The number of rotatable bonds is 1. The lowest BCUT2D eigenvalue weighted by atomic mass is 10.2. The zero-order valence-electron chi connectivity index (χ0n) is 12.1. The van der Waals surface area contributed by atoms with Crippen molar-refractivity contribution in [2.24, 2.45) is 0 Å². The van der Waals surface area contributed by atoms with Gasteiger partial charge < -0.3 is 4.90 Å². The zero-order valence-corrected chi connectivity index (χ0v) is 12.1. The SMILES string of the molecule is Cc1cc2nc(C(=O)N3CCCCCC3)cc(C)n2n1. The molecule has 0 bridgehead atoms. The summed E-state index contributed by atoms with van der Waals surface area (Å²) in [5.41, 5.74) is 3.15. The smallest absolute Gasteiger partial charge is 0.272 e. The molecule has 0 saturated carbocycles. The molecule has 106 valence electrons. The van der Waals surface area contributed by atoms with Crippen molar-refractivity contribution in [1.29, 1.82) is 0 Å². The molecule has 0 N–H and O–H groups in total. The molecular weight excluding hydrogens is 252 g/mol. The van der Waals surface area contributed by atoms with E-state index in [2.05, 4.69) is 10.1 Å². The van der Waals surface area contributed by atoms with Crippen molar-refractivity contribution in [1.82, 2.24) is 19.5 Å². The molecule has 1 aliphatic heterocycles. The second kappa shape index (κ2) is 5.23. The van der Waals surface area contributed by atoms with Crippen LogP contribution in [0.3, 0.4) is 0 Å². The van der Waals surface area contributed by atoms with Gasteiger partial charge in [0.1, 0.15) is 5.69 Å². The lowest BCUT2D eigenvalue weighted by Crippen LogP contribution is -2.32. The van der Waals surface area contributed by atoms with E-state index in [4.69, 9.17) is 0 Å². The van der Waals surface area contributed by atoms with Gasteiger partial charge in [0.2, 0.25) is 0 Å². The maximum absolute atomic E-state index is 12.6. The summed E-state index contributed by atoms with van der Waals surface area (Å²) in [5.74, 6) is 0.0522. The molecular formula is C15H20N4O. The fourth-order valence-electron chi connectivity index (χ4n) is 2.79. The van der Waals surface area contributed by atoms with Crippen LogP contribution in [0.4, 0.5) is 0 Å². The maximum Gasteiger partial charge on any atom is 0.272 e. The molecule has 0 atom stereocenters. The Bertz CT molecular complexity index is 639. The Labute approximate surface area is 118 Å². The second-order valence-corrected chi connectivity index (χ2v) is 5.54. The van der Waals surface area contributed by atoms with Crippen molar-refractivity contribution < 1.29 is 4.79 Å². The van der Waals surface area contributed by atoms with Crippen LogP contribution < -0.4 is 0 Å². The van der Waals surface area contributed by atoms with Gasteiger partial charge in [0.25, 0.3) is 5.91 Å². The molecule has 1 saturated heterocycles. The quantitative estimate of drug-likeness (QED) is 0.800. The van der Waals surface area contributed by atoms with E-state index in [9.17, 15) is 4.79 Å². The average Bonchev–Trinajstić information content (AvgIpc) is 2.64. The van der Waals surface area contributed by atoms with Gasteiger partial charge in [0.15, 0.2) is 5.65 Å². The molecule has 1 aliphatic rings. The third-order valence-electron chi connectivity index (χ3n) is 3.84. The molecule has 3 rings (SSSR count). The van der Waals surface area contributed by atoms with E-state index in [1.165, 1.54) is 12.8 Å².